The van der Waals surface area contributed by atoms with Crippen LogP contribution < -0.4 is 15.2 Å². The molecule has 0 bridgehead atoms. The van der Waals surface area contributed by atoms with Crippen molar-refractivity contribution in [2.45, 2.75) is 20.1 Å². The van der Waals surface area contributed by atoms with E-state index in [0.717, 1.165) is 32.7 Å². The number of anilines is 1. The Balaban J connectivity index is 2.14. The van der Waals surface area contributed by atoms with E-state index in [1.165, 1.54) is 13.2 Å². The van der Waals surface area contributed by atoms with Gasteiger partial charge in [-0.3, -0.25) is 4.90 Å². The van der Waals surface area contributed by atoms with E-state index in [2.05, 4.69) is 21.5 Å². The summed E-state index contributed by atoms with van der Waals surface area (Å²) in [6.07, 6.45) is 0. The number of piperazine rings is 1. The van der Waals surface area contributed by atoms with Gasteiger partial charge in [0.15, 0.2) is 0 Å². The molecule has 0 spiro atoms. The largest absolute Gasteiger partial charge is 0.495 e. The van der Waals surface area contributed by atoms with Gasteiger partial charge in [-0.1, -0.05) is 6.92 Å². The lowest BCUT2D eigenvalue weighted by atomic mass is 10.1. The van der Waals surface area contributed by atoms with Crippen LogP contribution in [0.25, 0.3) is 0 Å². The number of likely N-dealkylation sites (N-methyl/N-ethyl adjacent to an activating group) is 1. The first-order valence-electron chi connectivity index (χ1n) is 7.39. The van der Waals surface area contributed by atoms with Crippen LogP contribution in [0, 0.1) is 0 Å². The zero-order valence-corrected chi connectivity index (χ0v) is 13.0. The van der Waals surface area contributed by atoms with Gasteiger partial charge >= 0.3 is 6.61 Å². The van der Waals surface area contributed by atoms with Gasteiger partial charge in [0, 0.05) is 44.4 Å². The molecule has 124 valence electrons. The molecular formula is C15H23F2N3O2. The second kappa shape index (κ2) is 7.60. The summed E-state index contributed by atoms with van der Waals surface area (Å²) < 4.78 is 34.9. The van der Waals surface area contributed by atoms with Crippen molar-refractivity contribution in [2.75, 3.05) is 45.6 Å². The third-order valence-electron chi connectivity index (χ3n) is 3.93. The number of nitrogen functional groups attached to an aromatic ring is 1. The van der Waals surface area contributed by atoms with E-state index >= 15 is 0 Å². The maximum Gasteiger partial charge on any atom is 0.387 e. The second-order valence-corrected chi connectivity index (χ2v) is 5.29. The van der Waals surface area contributed by atoms with E-state index in [9.17, 15) is 8.78 Å². The Morgan fingerprint density at radius 3 is 2.32 bits per heavy atom. The minimum atomic E-state index is -2.87. The number of hydrogen-bond acceptors (Lipinski definition) is 5. The molecule has 0 atom stereocenters. The molecule has 1 aromatic carbocycles. The second-order valence-electron chi connectivity index (χ2n) is 5.29. The molecule has 0 saturated carbocycles. The fourth-order valence-electron chi connectivity index (χ4n) is 2.63. The van der Waals surface area contributed by atoms with Crippen molar-refractivity contribution in [3.63, 3.8) is 0 Å². The monoisotopic (exact) mass is 315 g/mol. The van der Waals surface area contributed by atoms with Crippen molar-refractivity contribution in [1.29, 1.82) is 0 Å². The molecule has 1 aliphatic rings. The Hall–Kier alpha value is -1.60. The Kier molecular flexibility index (Phi) is 5.79. The molecular weight excluding hydrogens is 292 g/mol. The number of benzene rings is 1. The fraction of sp³-hybridized carbons (Fsp3) is 0.600. The van der Waals surface area contributed by atoms with Crippen molar-refractivity contribution < 1.29 is 18.3 Å². The standard InChI is InChI=1S/C15H23F2N3O2/c1-3-19-4-6-20(7-5-19)10-11-8-14(21-2)12(18)9-13(11)22-15(16)17/h8-9,15H,3-7,10,18H2,1-2H3. The van der Waals surface area contributed by atoms with Gasteiger partial charge in [-0.15, -0.1) is 0 Å². The first-order valence-corrected chi connectivity index (χ1v) is 7.39. The number of rotatable bonds is 6. The average molecular weight is 315 g/mol. The van der Waals surface area contributed by atoms with Crippen molar-refractivity contribution in [3.05, 3.63) is 17.7 Å². The van der Waals surface area contributed by atoms with Crippen LogP contribution in [0.15, 0.2) is 12.1 Å². The maximum atomic E-state index is 12.6. The smallest absolute Gasteiger partial charge is 0.387 e. The molecule has 1 aromatic rings. The molecule has 0 aromatic heterocycles. The van der Waals surface area contributed by atoms with Crippen molar-refractivity contribution in [1.82, 2.24) is 9.80 Å². The number of nitrogens with zero attached hydrogens (tertiary/aromatic N) is 2. The van der Waals surface area contributed by atoms with Crippen LogP contribution in [0.3, 0.4) is 0 Å². The number of ether oxygens (including phenoxy) is 2. The highest BCUT2D eigenvalue weighted by molar-refractivity contribution is 5.59. The van der Waals surface area contributed by atoms with Gasteiger partial charge in [-0.2, -0.15) is 8.78 Å². The van der Waals surface area contributed by atoms with Gasteiger partial charge in [0.1, 0.15) is 11.5 Å². The van der Waals surface area contributed by atoms with Crippen molar-refractivity contribution >= 4 is 5.69 Å². The summed E-state index contributed by atoms with van der Waals surface area (Å²) in [5.74, 6) is 0.593. The zero-order valence-electron chi connectivity index (χ0n) is 13.0. The third-order valence-corrected chi connectivity index (χ3v) is 3.93. The third kappa shape index (κ3) is 4.20. The van der Waals surface area contributed by atoms with E-state index in [0.29, 0.717) is 17.9 Å². The lowest BCUT2D eigenvalue weighted by Gasteiger charge is -2.34. The van der Waals surface area contributed by atoms with E-state index in [1.54, 1.807) is 6.07 Å². The van der Waals surface area contributed by atoms with Gasteiger partial charge in [0.05, 0.1) is 12.8 Å². The molecule has 0 aliphatic carbocycles. The summed E-state index contributed by atoms with van der Waals surface area (Å²) in [6.45, 7) is 4.59. The summed E-state index contributed by atoms with van der Waals surface area (Å²) in [6, 6.07) is 3.09. The molecule has 2 N–H and O–H groups in total. The summed E-state index contributed by atoms with van der Waals surface area (Å²) in [5, 5.41) is 0. The van der Waals surface area contributed by atoms with Crippen molar-refractivity contribution in [2.24, 2.45) is 0 Å². The van der Waals surface area contributed by atoms with E-state index in [-0.39, 0.29) is 11.4 Å². The van der Waals surface area contributed by atoms with Gasteiger partial charge in [0.25, 0.3) is 0 Å². The molecule has 0 unspecified atom stereocenters. The molecule has 5 nitrogen and oxygen atoms in total. The molecule has 0 radical (unpaired) electrons. The topological polar surface area (TPSA) is 51.0 Å². The molecule has 22 heavy (non-hydrogen) atoms. The molecule has 1 saturated heterocycles. The quantitative estimate of drug-likeness (QED) is 0.814. The highest BCUT2D eigenvalue weighted by Crippen LogP contribution is 2.32. The van der Waals surface area contributed by atoms with Crippen LogP contribution in [-0.2, 0) is 6.54 Å². The van der Waals surface area contributed by atoms with Crippen LogP contribution >= 0.6 is 0 Å². The van der Waals surface area contributed by atoms with E-state index in [4.69, 9.17) is 10.5 Å². The van der Waals surface area contributed by atoms with E-state index < -0.39 is 6.61 Å². The normalized spacial score (nSPS) is 17.0. The first-order chi connectivity index (χ1) is 10.5. The predicted octanol–water partition coefficient (Wildman–Crippen LogP) is 2.02. The lowest BCUT2D eigenvalue weighted by molar-refractivity contribution is -0.0508. The Morgan fingerprint density at radius 2 is 1.77 bits per heavy atom. The lowest BCUT2D eigenvalue weighted by Crippen LogP contribution is -2.45. The highest BCUT2D eigenvalue weighted by Gasteiger charge is 2.19. The Morgan fingerprint density at radius 1 is 1.14 bits per heavy atom. The SMILES string of the molecule is CCN1CCN(Cc2cc(OC)c(N)cc2OC(F)F)CC1. The van der Waals surface area contributed by atoms with Crippen LogP contribution in [0.2, 0.25) is 0 Å². The van der Waals surface area contributed by atoms with E-state index in [1.807, 2.05) is 0 Å². The van der Waals surface area contributed by atoms with Gasteiger partial charge < -0.3 is 20.1 Å². The Labute approximate surface area is 129 Å². The summed E-state index contributed by atoms with van der Waals surface area (Å²) >= 11 is 0. The molecule has 0 amide bonds. The van der Waals surface area contributed by atoms with Gasteiger partial charge in [-0.25, -0.2) is 0 Å². The average Bonchev–Trinajstić information content (AvgIpc) is 2.50. The van der Waals surface area contributed by atoms with Crippen molar-refractivity contribution in [3.8, 4) is 11.5 Å². The number of hydrogen-bond donors (Lipinski definition) is 1. The first kappa shape index (κ1) is 16.8. The molecule has 1 heterocycles. The zero-order chi connectivity index (χ0) is 16.1. The maximum absolute atomic E-state index is 12.6. The summed E-state index contributed by atoms with van der Waals surface area (Å²) in [4.78, 5) is 4.58. The summed E-state index contributed by atoms with van der Waals surface area (Å²) in [7, 11) is 1.50. The molecule has 2 rings (SSSR count). The predicted molar refractivity (Wildman–Crippen MR) is 81.4 cm³/mol. The van der Waals surface area contributed by atoms with Gasteiger partial charge in [-0.05, 0) is 12.6 Å². The van der Waals surface area contributed by atoms with Gasteiger partial charge in [0.2, 0.25) is 0 Å². The van der Waals surface area contributed by atoms with Crippen LogP contribution in [0.4, 0.5) is 14.5 Å². The minimum absolute atomic E-state index is 0.117. The minimum Gasteiger partial charge on any atom is -0.495 e. The van der Waals surface area contributed by atoms with Crippen LogP contribution in [0.1, 0.15) is 12.5 Å². The highest BCUT2D eigenvalue weighted by atomic mass is 19.3. The fourth-order valence-corrected chi connectivity index (χ4v) is 2.63. The molecule has 7 heteroatoms. The molecule has 1 fully saturated rings. The number of alkyl halides is 2. The van der Waals surface area contributed by atoms with Crippen LogP contribution in [0.5, 0.6) is 11.5 Å². The Bertz CT molecular complexity index is 492. The number of nitrogens with two attached hydrogens (primary N) is 1. The number of methoxy groups -OCH3 is 1. The summed E-state index contributed by atoms with van der Waals surface area (Å²) in [5.41, 5.74) is 6.73. The van der Waals surface area contributed by atoms with Crippen LogP contribution in [-0.4, -0.2) is 56.2 Å². The number of halogens is 2. The molecule has 1 aliphatic heterocycles.